The number of fused-ring (bicyclic) bond motifs is 1. The van der Waals surface area contributed by atoms with Crippen molar-refractivity contribution in [3.63, 3.8) is 0 Å². The lowest BCUT2D eigenvalue weighted by Crippen LogP contribution is -2.11. The first-order valence-electron chi connectivity index (χ1n) is 4.22. The van der Waals surface area contributed by atoms with Crippen LogP contribution in [0.3, 0.4) is 0 Å². The molecule has 0 saturated heterocycles. The topological polar surface area (TPSA) is 0 Å². The van der Waals surface area contributed by atoms with Crippen molar-refractivity contribution in [2.45, 2.75) is 39.5 Å². The Labute approximate surface area is 57.6 Å². The van der Waals surface area contributed by atoms with Crippen LogP contribution in [0.25, 0.3) is 0 Å². The molecule has 0 radical (unpaired) electrons. The third-order valence-corrected chi connectivity index (χ3v) is 3.52. The van der Waals surface area contributed by atoms with Crippen molar-refractivity contribution in [2.24, 2.45) is 17.3 Å². The van der Waals surface area contributed by atoms with Crippen molar-refractivity contribution in [3.05, 3.63) is 0 Å². The normalized spacial score (nSPS) is 56.7. The molecule has 0 N–H and O–H groups in total. The SMILES string of the molecule is C[C@@H]1CCC[C@@]2(C)C[C@@H]12. The molecule has 0 aromatic carbocycles. The van der Waals surface area contributed by atoms with E-state index in [9.17, 15) is 0 Å². The van der Waals surface area contributed by atoms with Crippen molar-refractivity contribution < 1.29 is 0 Å². The van der Waals surface area contributed by atoms with E-state index >= 15 is 0 Å². The maximum Gasteiger partial charge on any atom is -0.0292 e. The molecule has 0 aliphatic heterocycles. The van der Waals surface area contributed by atoms with Crippen LogP contribution in [0.5, 0.6) is 0 Å². The first kappa shape index (κ1) is 5.76. The van der Waals surface area contributed by atoms with Crippen LogP contribution >= 0.6 is 0 Å². The fraction of sp³-hybridized carbons (Fsp3) is 1.00. The predicted molar refractivity (Wildman–Crippen MR) is 39.2 cm³/mol. The fourth-order valence-corrected chi connectivity index (χ4v) is 2.65. The molecule has 9 heavy (non-hydrogen) atoms. The second-order valence-corrected chi connectivity index (χ2v) is 4.33. The van der Waals surface area contributed by atoms with E-state index in [0.29, 0.717) is 0 Å². The van der Waals surface area contributed by atoms with Gasteiger partial charge in [0.25, 0.3) is 0 Å². The van der Waals surface area contributed by atoms with Crippen LogP contribution in [0, 0.1) is 17.3 Å². The average molecular weight is 124 g/mol. The second kappa shape index (κ2) is 1.53. The minimum atomic E-state index is 0.817. The first-order chi connectivity index (χ1) is 4.22. The maximum absolute atomic E-state index is 2.47. The third kappa shape index (κ3) is 0.720. The Balaban J connectivity index is 2.07. The predicted octanol–water partition coefficient (Wildman–Crippen LogP) is 2.83. The largest absolute Gasteiger partial charge is 0.0622 e. The lowest BCUT2D eigenvalue weighted by Gasteiger charge is -2.22. The van der Waals surface area contributed by atoms with Gasteiger partial charge >= 0.3 is 0 Å². The molecule has 0 heterocycles. The van der Waals surface area contributed by atoms with Gasteiger partial charge < -0.3 is 0 Å². The van der Waals surface area contributed by atoms with E-state index in [1.807, 2.05) is 0 Å². The third-order valence-electron chi connectivity index (χ3n) is 3.52. The second-order valence-electron chi connectivity index (χ2n) is 4.33. The lowest BCUT2D eigenvalue weighted by molar-refractivity contribution is 0.288. The summed E-state index contributed by atoms with van der Waals surface area (Å²) in [5, 5.41) is 0. The summed E-state index contributed by atoms with van der Waals surface area (Å²) in [6, 6.07) is 0. The van der Waals surface area contributed by atoms with Crippen LogP contribution in [0.1, 0.15) is 39.5 Å². The molecule has 0 spiro atoms. The van der Waals surface area contributed by atoms with Crippen molar-refractivity contribution in [3.8, 4) is 0 Å². The quantitative estimate of drug-likeness (QED) is 0.466. The van der Waals surface area contributed by atoms with E-state index in [0.717, 1.165) is 17.3 Å². The molecule has 3 atom stereocenters. The molecule has 0 aromatic rings. The van der Waals surface area contributed by atoms with E-state index < -0.39 is 0 Å². The molecule has 0 unspecified atom stereocenters. The Morgan fingerprint density at radius 2 is 2.22 bits per heavy atom. The summed E-state index contributed by atoms with van der Waals surface area (Å²) in [6.07, 6.45) is 6.05. The molecular weight excluding hydrogens is 108 g/mol. The van der Waals surface area contributed by atoms with E-state index in [1.54, 1.807) is 0 Å². The molecule has 0 bridgehead atoms. The minimum absolute atomic E-state index is 0.817. The van der Waals surface area contributed by atoms with Gasteiger partial charge in [0.1, 0.15) is 0 Å². The van der Waals surface area contributed by atoms with Gasteiger partial charge in [-0.15, -0.1) is 0 Å². The Bertz CT molecular complexity index is 128. The standard InChI is InChI=1S/C9H16/c1-7-4-3-5-9(2)6-8(7)9/h7-8H,3-6H2,1-2H3/t7-,8+,9+/m1/s1. The van der Waals surface area contributed by atoms with E-state index in [4.69, 9.17) is 0 Å². The molecule has 2 saturated carbocycles. The summed E-state index contributed by atoms with van der Waals surface area (Å²) in [5.41, 5.74) is 0.817. The van der Waals surface area contributed by atoms with Gasteiger partial charge in [-0.1, -0.05) is 26.7 Å². The highest BCUT2D eigenvalue weighted by Crippen LogP contribution is 2.62. The van der Waals surface area contributed by atoms with Gasteiger partial charge in [0.15, 0.2) is 0 Å². The number of hydrogen-bond acceptors (Lipinski definition) is 0. The molecule has 2 aliphatic carbocycles. The first-order valence-corrected chi connectivity index (χ1v) is 4.22. The lowest BCUT2D eigenvalue weighted by atomic mass is 9.84. The summed E-state index contributed by atoms with van der Waals surface area (Å²) in [7, 11) is 0. The Hall–Kier alpha value is 0. The van der Waals surface area contributed by atoms with Crippen molar-refractivity contribution in [1.29, 1.82) is 0 Å². The highest BCUT2D eigenvalue weighted by atomic mass is 14.6. The molecule has 2 rings (SSSR count). The zero-order valence-corrected chi connectivity index (χ0v) is 6.48. The van der Waals surface area contributed by atoms with Gasteiger partial charge in [-0.25, -0.2) is 0 Å². The Kier molecular flexibility index (Phi) is 0.980. The van der Waals surface area contributed by atoms with Gasteiger partial charge in [-0.05, 0) is 30.1 Å². The molecule has 0 amide bonds. The average Bonchev–Trinajstić information content (AvgIpc) is 2.43. The van der Waals surface area contributed by atoms with E-state index in [-0.39, 0.29) is 0 Å². The summed E-state index contributed by atoms with van der Waals surface area (Å²) in [5.74, 6) is 2.16. The number of rotatable bonds is 0. The fourth-order valence-electron chi connectivity index (χ4n) is 2.65. The summed E-state index contributed by atoms with van der Waals surface area (Å²) < 4.78 is 0. The maximum atomic E-state index is 2.47. The Morgan fingerprint density at radius 1 is 1.44 bits per heavy atom. The van der Waals surface area contributed by atoms with Crippen molar-refractivity contribution in [2.75, 3.05) is 0 Å². The smallest absolute Gasteiger partial charge is 0.0292 e. The van der Waals surface area contributed by atoms with Gasteiger partial charge in [-0.3, -0.25) is 0 Å². The van der Waals surface area contributed by atoms with E-state index in [2.05, 4.69) is 13.8 Å². The monoisotopic (exact) mass is 124 g/mol. The van der Waals surface area contributed by atoms with Gasteiger partial charge in [0.05, 0.1) is 0 Å². The van der Waals surface area contributed by atoms with E-state index in [1.165, 1.54) is 25.7 Å². The molecule has 0 aromatic heterocycles. The molecule has 0 heteroatoms. The zero-order valence-electron chi connectivity index (χ0n) is 6.48. The summed E-state index contributed by atoms with van der Waals surface area (Å²) >= 11 is 0. The molecule has 0 nitrogen and oxygen atoms in total. The van der Waals surface area contributed by atoms with Crippen molar-refractivity contribution >= 4 is 0 Å². The van der Waals surface area contributed by atoms with Crippen molar-refractivity contribution in [1.82, 2.24) is 0 Å². The number of hydrogen-bond donors (Lipinski definition) is 0. The van der Waals surface area contributed by atoms with Gasteiger partial charge in [0.2, 0.25) is 0 Å². The molecule has 2 aliphatic rings. The molecule has 52 valence electrons. The molecule has 2 fully saturated rings. The summed E-state index contributed by atoms with van der Waals surface area (Å²) in [6.45, 7) is 4.89. The van der Waals surface area contributed by atoms with Crippen LogP contribution < -0.4 is 0 Å². The Morgan fingerprint density at radius 3 is 2.78 bits per heavy atom. The highest BCUT2D eigenvalue weighted by molar-refractivity contribution is 5.03. The van der Waals surface area contributed by atoms with Crippen LogP contribution in [0.4, 0.5) is 0 Å². The van der Waals surface area contributed by atoms with Crippen LogP contribution in [-0.2, 0) is 0 Å². The molecular formula is C9H16. The summed E-state index contributed by atoms with van der Waals surface area (Å²) in [4.78, 5) is 0. The van der Waals surface area contributed by atoms with Crippen LogP contribution in [0.2, 0.25) is 0 Å². The minimum Gasteiger partial charge on any atom is -0.0622 e. The van der Waals surface area contributed by atoms with Crippen LogP contribution in [0.15, 0.2) is 0 Å². The zero-order chi connectivity index (χ0) is 6.48. The van der Waals surface area contributed by atoms with Crippen LogP contribution in [-0.4, -0.2) is 0 Å². The highest BCUT2D eigenvalue weighted by Gasteiger charge is 2.53. The van der Waals surface area contributed by atoms with Gasteiger partial charge in [-0.2, -0.15) is 0 Å². The van der Waals surface area contributed by atoms with Gasteiger partial charge in [0, 0.05) is 0 Å².